The second-order valence-corrected chi connectivity index (χ2v) is 8.14. The van der Waals surface area contributed by atoms with Gasteiger partial charge in [-0.15, -0.1) is 0 Å². The fourth-order valence-electron chi connectivity index (χ4n) is 3.35. The van der Waals surface area contributed by atoms with Crippen molar-refractivity contribution in [3.8, 4) is 0 Å². The van der Waals surface area contributed by atoms with Gasteiger partial charge < -0.3 is 14.6 Å². The van der Waals surface area contributed by atoms with Gasteiger partial charge in [-0.2, -0.15) is 0 Å². The largest absolute Gasteiger partial charge is 0.494 e. The van der Waals surface area contributed by atoms with Gasteiger partial charge in [0.2, 0.25) is 0 Å². The maximum absolute atomic E-state index is 14.5. The Hall–Kier alpha value is -1.40. The van der Waals surface area contributed by atoms with E-state index in [1.54, 1.807) is 6.07 Å². The molecule has 1 aliphatic carbocycles. The Kier molecular flexibility index (Phi) is 4.95. The highest BCUT2D eigenvalue weighted by Crippen LogP contribution is 2.36. The average molecular weight is 347 g/mol. The quantitative estimate of drug-likeness (QED) is 0.855. The summed E-state index contributed by atoms with van der Waals surface area (Å²) in [5, 5.41) is 2.95. The molecule has 6 heteroatoms. The van der Waals surface area contributed by atoms with Gasteiger partial charge in [0.1, 0.15) is 5.82 Å². The Morgan fingerprint density at radius 3 is 2.28 bits per heavy atom. The summed E-state index contributed by atoms with van der Waals surface area (Å²) < 4.78 is 26.4. The number of rotatable bonds is 3. The molecule has 2 fully saturated rings. The molecule has 1 N–H and O–H groups in total. The van der Waals surface area contributed by atoms with Crippen LogP contribution in [0.2, 0.25) is 0 Å². The van der Waals surface area contributed by atoms with Crippen molar-refractivity contribution in [2.45, 2.75) is 77.0 Å². The molecule has 0 unspecified atom stereocenters. The summed E-state index contributed by atoms with van der Waals surface area (Å²) in [7, 11) is -0.630. The summed E-state index contributed by atoms with van der Waals surface area (Å²) in [6.45, 7) is 7.81. The third-order valence-corrected chi connectivity index (χ3v) is 5.70. The molecule has 2 aliphatic rings. The van der Waals surface area contributed by atoms with Crippen LogP contribution >= 0.6 is 0 Å². The highest BCUT2D eigenvalue weighted by atomic mass is 19.1. The molecule has 1 amide bonds. The first-order chi connectivity index (χ1) is 11.7. The van der Waals surface area contributed by atoms with E-state index in [1.807, 2.05) is 27.7 Å². The zero-order chi connectivity index (χ0) is 18.2. The third kappa shape index (κ3) is 3.75. The number of halogens is 1. The fourth-order valence-corrected chi connectivity index (χ4v) is 3.35. The minimum Gasteiger partial charge on any atom is -0.399 e. The molecular formula is C19H27BFNO3. The van der Waals surface area contributed by atoms with Gasteiger partial charge in [0.15, 0.2) is 0 Å². The lowest BCUT2D eigenvalue weighted by Gasteiger charge is -2.32. The molecule has 0 spiro atoms. The van der Waals surface area contributed by atoms with Gasteiger partial charge in [0, 0.05) is 6.04 Å². The number of hydrogen-bond acceptors (Lipinski definition) is 3. The summed E-state index contributed by atoms with van der Waals surface area (Å²) in [4.78, 5) is 12.4. The predicted molar refractivity (Wildman–Crippen MR) is 96.5 cm³/mol. The van der Waals surface area contributed by atoms with Crippen LogP contribution in [0.3, 0.4) is 0 Å². The van der Waals surface area contributed by atoms with Crippen molar-refractivity contribution < 1.29 is 18.5 Å². The van der Waals surface area contributed by atoms with Crippen molar-refractivity contribution in [3.63, 3.8) is 0 Å². The topological polar surface area (TPSA) is 47.6 Å². The fraction of sp³-hybridized carbons (Fsp3) is 0.632. The average Bonchev–Trinajstić information content (AvgIpc) is 2.76. The molecular weight excluding hydrogens is 320 g/mol. The van der Waals surface area contributed by atoms with Gasteiger partial charge in [-0.05, 0) is 58.1 Å². The van der Waals surface area contributed by atoms with E-state index in [-0.39, 0.29) is 17.5 Å². The van der Waals surface area contributed by atoms with E-state index in [0.717, 1.165) is 25.7 Å². The van der Waals surface area contributed by atoms with E-state index >= 15 is 0 Å². The molecule has 4 nitrogen and oxygen atoms in total. The van der Waals surface area contributed by atoms with Gasteiger partial charge in [-0.1, -0.05) is 25.3 Å². The van der Waals surface area contributed by atoms with Crippen LogP contribution in [0.4, 0.5) is 4.39 Å². The highest BCUT2D eigenvalue weighted by molar-refractivity contribution is 6.62. The van der Waals surface area contributed by atoms with Crippen LogP contribution in [0.25, 0.3) is 0 Å². The minimum absolute atomic E-state index is 0.0749. The van der Waals surface area contributed by atoms with Gasteiger partial charge in [0.05, 0.1) is 16.8 Å². The van der Waals surface area contributed by atoms with Gasteiger partial charge in [0.25, 0.3) is 5.91 Å². The summed E-state index contributed by atoms with van der Waals surface area (Å²) in [6.07, 6.45) is 5.39. The molecule has 1 aliphatic heterocycles. The number of benzene rings is 1. The molecule has 1 saturated heterocycles. The Labute approximate surface area is 149 Å². The van der Waals surface area contributed by atoms with Gasteiger partial charge in [-0.3, -0.25) is 4.79 Å². The van der Waals surface area contributed by atoms with Crippen molar-refractivity contribution in [3.05, 3.63) is 29.6 Å². The number of carbonyl (C=O) groups excluding carboxylic acids is 1. The zero-order valence-corrected chi connectivity index (χ0v) is 15.5. The van der Waals surface area contributed by atoms with Crippen molar-refractivity contribution in [2.24, 2.45) is 0 Å². The van der Waals surface area contributed by atoms with E-state index in [9.17, 15) is 9.18 Å². The minimum atomic E-state index is -0.630. The first kappa shape index (κ1) is 18.4. The van der Waals surface area contributed by atoms with Crippen LogP contribution in [0.1, 0.15) is 70.2 Å². The summed E-state index contributed by atoms with van der Waals surface area (Å²) in [5.41, 5.74) is -0.299. The van der Waals surface area contributed by atoms with E-state index in [1.165, 1.54) is 18.6 Å². The Balaban J connectivity index is 1.72. The van der Waals surface area contributed by atoms with Crippen molar-refractivity contribution >= 4 is 18.5 Å². The molecule has 0 radical (unpaired) electrons. The molecule has 1 aromatic carbocycles. The van der Waals surface area contributed by atoms with Crippen LogP contribution in [-0.4, -0.2) is 30.3 Å². The maximum atomic E-state index is 14.5. The predicted octanol–water partition coefficient (Wildman–Crippen LogP) is 3.19. The normalized spacial score (nSPS) is 22.8. The third-order valence-electron chi connectivity index (χ3n) is 5.70. The van der Waals surface area contributed by atoms with Crippen LogP contribution in [0, 0.1) is 5.82 Å². The standard InChI is InChI=1S/C19H27BFNO3/c1-18(2)19(3,4)25-20(24-18)13-10-11-15(16(21)12-13)17(23)22-14-8-6-5-7-9-14/h10-12,14H,5-9H2,1-4H3,(H,22,23). The van der Waals surface area contributed by atoms with Gasteiger partial charge >= 0.3 is 7.12 Å². The molecule has 1 saturated carbocycles. The van der Waals surface area contributed by atoms with Crippen LogP contribution in [0.15, 0.2) is 18.2 Å². The molecule has 0 atom stereocenters. The van der Waals surface area contributed by atoms with E-state index < -0.39 is 24.1 Å². The van der Waals surface area contributed by atoms with E-state index in [4.69, 9.17) is 9.31 Å². The number of amides is 1. The molecule has 3 rings (SSSR count). The van der Waals surface area contributed by atoms with E-state index in [0.29, 0.717) is 5.46 Å². The van der Waals surface area contributed by atoms with Crippen LogP contribution < -0.4 is 10.8 Å². The van der Waals surface area contributed by atoms with Crippen molar-refractivity contribution in [1.29, 1.82) is 0 Å². The lowest BCUT2D eigenvalue weighted by molar-refractivity contribution is 0.00578. The summed E-state index contributed by atoms with van der Waals surface area (Å²) >= 11 is 0. The second-order valence-electron chi connectivity index (χ2n) is 8.14. The van der Waals surface area contributed by atoms with Gasteiger partial charge in [-0.25, -0.2) is 4.39 Å². The van der Waals surface area contributed by atoms with Crippen LogP contribution in [0.5, 0.6) is 0 Å². The first-order valence-corrected chi connectivity index (χ1v) is 9.15. The summed E-state index contributed by atoms with van der Waals surface area (Å²) in [5.74, 6) is -0.884. The Bertz CT molecular complexity index is 640. The monoisotopic (exact) mass is 347 g/mol. The zero-order valence-electron chi connectivity index (χ0n) is 15.5. The van der Waals surface area contributed by atoms with Crippen LogP contribution in [-0.2, 0) is 9.31 Å². The highest BCUT2D eigenvalue weighted by Gasteiger charge is 2.51. The Morgan fingerprint density at radius 2 is 1.72 bits per heavy atom. The molecule has 136 valence electrons. The molecule has 25 heavy (non-hydrogen) atoms. The lowest BCUT2D eigenvalue weighted by atomic mass is 9.78. The molecule has 0 aromatic heterocycles. The first-order valence-electron chi connectivity index (χ1n) is 9.15. The molecule has 0 bridgehead atoms. The van der Waals surface area contributed by atoms with Crippen molar-refractivity contribution in [2.75, 3.05) is 0 Å². The molecule has 1 heterocycles. The number of nitrogens with one attached hydrogen (secondary N) is 1. The smallest absolute Gasteiger partial charge is 0.399 e. The molecule has 1 aromatic rings. The number of carbonyl (C=O) groups is 1. The lowest BCUT2D eigenvalue weighted by Crippen LogP contribution is -2.41. The second kappa shape index (κ2) is 6.73. The maximum Gasteiger partial charge on any atom is 0.494 e. The SMILES string of the molecule is CC1(C)OB(c2ccc(C(=O)NC3CCCCC3)c(F)c2)OC1(C)C. The summed E-state index contributed by atoms with van der Waals surface area (Å²) in [6, 6.07) is 4.73. The van der Waals surface area contributed by atoms with Crippen molar-refractivity contribution in [1.82, 2.24) is 5.32 Å². The Morgan fingerprint density at radius 1 is 1.12 bits per heavy atom. The number of hydrogen-bond donors (Lipinski definition) is 1. The van der Waals surface area contributed by atoms with E-state index in [2.05, 4.69) is 5.32 Å².